The molecule has 0 aliphatic heterocycles. The van der Waals surface area contributed by atoms with E-state index in [1.165, 1.54) is 212 Å². The van der Waals surface area contributed by atoms with E-state index in [1.54, 1.807) is 0 Å². The van der Waals surface area contributed by atoms with E-state index in [4.69, 9.17) is 37.0 Å². The Morgan fingerprint density at radius 1 is 0.269 bits per heavy atom. The summed E-state index contributed by atoms with van der Waals surface area (Å²) in [6, 6.07) is 0. The largest absolute Gasteiger partial charge is 0.472 e. The summed E-state index contributed by atoms with van der Waals surface area (Å²) in [5.74, 6) is -2.16. The maximum absolute atomic E-state index is 13.1. The molecule has 0 amide bonds. The Morgan fingerprint density at radius 2 is 0.462 bits per heavy atom. The topological polar surface area (TPSA) is 237 Å². The molecule has 0 aromatic rings. The first kappa shape index (κ1) is 101. The Morgan fingerprint density at radius 3 is 0.702 bits per heavy atom. The number of esters is 4. The third-order valence-electron chi connectivity index (χ3n) is 18.9. The number of carbonyl (C=O) groups is 4. The monoisotopic (exact) mass is 1510 g/mol. The minimum absolute atomic E-state index is 0.0837. The molecular weight excluding hydrogens is 1350 g/mol. The molecule has 0 rings (SSSR count). The highest BCUT2D eigenvalue weighted by atomic mass is 31.2. The van der Waals surface area contributed by atoms with Gasteiger partial charge in [0.15, 0.2) is 12.2 Å². The molecule has 0 heterocycles. The van der Waals surface area contributed by atoms with Gasteiger partial charge in [-0.25, -0.2) is 9.13 Å². The zero-order valence-corrected chi connectivity index (χ0v) is 68.8. The molecule has 0 saturated carbocycles. The number of hydrogen-bond donors (Lipinski definition) is 3. The van der Waals surface area contributed by atoms with Crippen LogP contribution in [-0.2, 0) is 65.4 Å². The van der Waals surface area contributed by atoms with Gasteiger partial charge in [0.05, 0.1) is 26.4 Å². The van der Waals surface area contributed by atoms with Crippen LogP contribution in [0.3, 0.4) is 0 Å². The van der Waals surface area contributed by atoms with Crippen molar-refractivity contribution in [1.82, 2.24) is 0 Å². The Balaban J connectivity index is 5.30. The Hall–Kier alpha value is -2.98. The number of hydrogen-bond acceptors (Lipinski definition) is 15. The van der Waals surface area contributed by atoms with Crippen molar-refractivity contribution in [1.29, 1.82) is 0 Å². The number of ether oxygens (including phenoxy) is 4. The molecule has 0 fully saturated rings. The zero-order valence-electron chi connectivity index (χ0n) is 67.0. The molecule has 104 heavy (non-hydrogen) atoms. The molecule has 17 nitrogen and oxygen atoms in total. The van der Waals surface area contributed by atoms with Gasteiger partial charge in [0, 0.05) is 25.7 Å². The van der Waals surface area contributed by atoms with Crippen LogP contribution in [0.15, 0.2) is 48.6 Å². The second kappa shape index (κ2) is 78.2. The van der Waals surface area contributed by atoms with E-state index in [2.05, 4.69) is 76.3 Å². The number of unbranched alkanes of at least 4 members (excludes halogenated alkanes) is 50. The SMILES string of the molecule is CCCCCC/C=C\C=C/CCCCCCCC(=O)OC[C@H](COP(=O)(O)OC[C@@H](O)COP(=O)(O)OC[C@@H](COC(=O)CCCCCCCCCCCCCCC)OC(=O)CCCCCCC/C=C\C=C/CCCCCC)OC(=O)CCCCCCCCCCCCCCCCCCCCCCC. The summed E-state index contributed by atoms with van der Waals surface area (Å²) in [5.41, 5.74) is 0. The maximum atomic E-state index is 13.1. The summed E-state index contributed by atoms with van der Waals surface area (Å²) in [7, 11) is -9.95. The lowest BCUT2D eigenvalue weighted by Crippen LogP contribution is -2.30. The minimum Gasteiger partial charge on any atom is -0.462 e. The van der Waals surface area contributed by atoms with Gasteiger partial charge in [-0.05, 0) is 77.0 Å². The third-order valence-corrected chi connectivity index (χ3v) is 20.8. The third kappa shape index (κ3) is 77.2. The van der Waals surface area contributed by atoms with E-state index in [0.717, 1.165) is 122 Å². The lowest BCUT2D eigenvalue weighted by molar-refractivity contribution is -0.161. The quantitative estimate of drug-likeness (QED) is 0.0169. The highest BCUT2D eigenvalue weighted by Crippen LogP contribution is 2.45. The van der Waals surface area contributed by atoms with Crippen molar-refractivity contribution < 1.29 is 80.2 Å². The molecular formula is C85H158O17P2. The molecule has 2 unspecified atom stereocenters. The predicted molar refractivity (Wildman–Crippen MR) is 427 cm³/mol. The van der Waals surface area contributed by atoms with Crippen molar-refractivity contribution in [2.45, 2.75) is 431 Å². The number of allylic oxidation sites excluding steroid dienone is 8. The summed E-state index contributed by atoms with van der Waals surface area (Å²) in [6.45, 7) is 4.92. The molecule has 0 aliphatic rings. The second-order valence-electron chi connectivity index (χ2n) is 29.2. The fourth-order valence-electron chi connectivity index (χ4n) is 12.3. The average molecular weight is 1510 g/mol. The van der Waals surface area contributed by atoms with Gasteiger partial charge in [0.2, 0.25) is 0 Å². The molecule has 0 bridgehead atoms. The fraction of sp³-hybridized carbons (Fsp3) is 0.859. The number of carbonyl (C=O) groups excluding carboxylic acids is 4. The summed E-state index contributed by atoms with van der Waals surface area (Å²) in [5, 5.41) is 10.7. The van der Waals surface area contributed by atoms with Gasteiger partial charge in [-0.3, -0.25) is 37.3 Å². The van der Waals surface area contributed by atoms with E-state index < -0.39 is 97.5 Å². The van der Waals surface area contributed by atoms with Crippen LogP contribution < -0.4 is 0 Å². The molecule has 0 aromatic heterocycles. The van der Waals surface area contributed by atoms with Gasteiger partial charge in [-0.1, -0.05) is 359 Å². The number of phosphoric ester groups is 2. The Kier molecular flexibility index (Phi) is 75.9. The second-order valence-corrected chi connectivity index (χ2v) is 32.1. The van der Waals surface area contributed by atoms with Crippen LogP contribution in [0.25, 0.3) is 0 Å². The average Bonchev–Trinajstić information content (AvgIpc) is 0.905. The van der Waals surface area contributed by atoms with Crippen LogP contribution in [0.2, 0.25) is 0 Å². The smallest absolute Gasteiger partial charge is 0.462 e. The van der Waals surface area contributed by atoms with Crippen molar-refractivity contribution in [2.24, 2.45) is 0 Å². The standard InChI is InChI=1S/C85H158O17P2/c1-5-9-13-17-21-25-29-33-36-37-38-39-40-41-44-48-52-56-60-64-68-72-85(90)102-81(76-96-83(88)70-66-62-58-54-50-46-42-34-30-26-22-18-14-10-6-2)78-100-104(93,94)98-74-79(86)73-97-103(91,92)99-77-80(75-95-82(87)69-65-61-57-53-49-45-32-28-24-20-16-12-8-4)101-84(89)71-67-63-59-55-51-47-43-35-31-27-23-19-15-11-7-3/h26-27,30-31,34-35,42-43,79-81,86H,5-25,28-29,32-33,36-41,44-78H2,1-4H3,(H,91,92)(H,93,94)/b30-26-,31-27-,42-34-,43-35-/t79-,80+,81+/m0/s1. The fourth-order valence-corrected chi connectivity index (χ4v) is 13.8. The highest BCUT2D eigenvalue weighted by Gasteiger charge is 2.30. The molecule has 0 aromatic carbocycles. The summed E-state index contributed by atoms with van der Waals surface area (Å²) in [4.78, 5) is 73.1. The van der Waals surface area contributed by atoms with Crippen LogP contribution in [0, 0.1) is 0 Å². The van der Waals surface area contributed by atoms with Gasteiger partial charge in [0.1, 0.15) is 19.3 Å². The molecule has 3 N–H and O–H groups in total. The van der Waals surface area contributed by atoms with Crippen LogP contribution in [-0.4, -0.2) is 96.7 Å². The van der Waals surface area contributed by atoms with Gasteiger partial charge in [-0.15, -0.1) is 0 Å². The first-order valence-electron chi connectivity index (χ1n) is 42.9. The zero-order chi connectivity index (χ0) is 76.0. The van der Waals surface area contributed by atoms with Crippen molar-refractivity contribution in [3.8, 4) is 0 Å². The maximum Gasteiger partial charge on any atom is 0.472 e. The number of aliphatic hydroxyl groups is 1. The normalized spacial score (nSPS) is 14.0. The Bertz CT molecular complexity index is 2150. The van der Waals surface area contributed by atoms with Crippen LogP contribution >= 0.6 is 15.6 Å². The lowest BCUT2D eigenvalue weighted by atomic mass is 10.0. The molecule has 0 radical (unpaired) electrons. The van der Waals surface area contributed by atoms with Crippen molar-refractivity contribution in [2.75, 3.05) is 39.6 Å². The van der Waals surface area contributed by atoms with Crippen molar-refractivity contribution in [3.63, 3.8) is 0 Å². The van der Waals surface area contributed by atoms with Crippen LogP contribution in [0.4, 0.5) is 0 Å². The summed E-state index contributed by atoms with van der Waals surface area (Å²) in [6.07, 6.45) is 77.9. The Labute approximate surface area is 636 Å². The van der Waals surface area contributed by atoms with E-state index >= 15 is 0 Å². The van der Waals surface area contributed by atoms with Crippen LogP contribution in [0.1, 0.15) is 413 Å². The number of rotatable bonds is 82. The molecule has 19 heteroatoms. The van der Waals surface area contributed by atoms with Crippen LogP contribution in [0.5, 0.6) is 0 Å². The first-order chi connectivity index (χ1) is 50.7. The van der Waals surface area contributed by atoms with Crippen molar-refractivity contribution >= 4 is 39.5 Å². The lowest BCUT2D eigenvalue weighted by Gasteiger charge is -2.21. The number of aliphatic hydroxyl groups excluding tert-OH is 1. The van der Waals surface area contributed by atoms with Gasteiger partial charge in [0.25, 0.3) is 0 Å². The van der Waals surface area contributed by atoms with E-state index in [9.17, 15) is 43.2 Å². The molecule has 5 atom stereocenters. The molecule has 0 spiro atoms. The first-order valence-corrected chi connectivity index (χ1v) is 45.9. The predicted octanol–water partition coefficient (Wildman–Crippen LogP) is 25.2. The van der Waals surface area contributed by atoms with Crippen molar-refractivity contribution in [3.05, 3.63) is 48.6 Å². The van der Waals surface area contributed by atoms with E-state index in [1.807, 2.05) is 0 Å². The minimum atomic E-state index is -4.98. The van der Waals surface area contributed by atoms with Gasteiger partial charge in [-0.2, -0.15) is 0 Å². The number of phosphoric acid groups is 2. The van der Waals surface area contributed by atoms with Gasteiger partial charge >= 0.3 is 39.5 Å². The van der Waals surface area contributed by atoms with E-state index in [0.29, 0.717) is 25.7 Å². The molecule has 0 aliphatic carbocycles. The summed E-state index contributed by atoms with van der Waals surface area (Å²) < 4.78 is 68.8. The molecule has 610 valence electrons. The van der Waals surface area contributed by atoms with E-state index in [-0.39, 0.29) is 25.7 Å². The van der Waals surface area contributed by atoms with Gasteiger partial charge < -0.3 is 33.8 Å². The molecule has 0 saturated heterocycles. The highest BCUT2D eigenvalue weighted by molar-refractivity contribution is 7.47. The summed E-state index contributed by atoms with van der Waals surface area (Å²) >= 11 is 0.